The Morgan fingerprint density at radius 1 is 0.860 bits per heavy atom. The third kappa shape index (κ3) is 10.2. The van der Waals surface area contributed by atoms with Gasteiger partial charge < -0.3 is 19.7 Å². The second kappa shape index (κ2) is 17.9. The van der Waals surface area contributed by atoms with E-state index < -0.39 is 11.9 Å². The monoisotopic (exact) mass is 717 g/mol. The minimum absolute atomic E-state index is 0.178. The third-order valence-corrected chi connectivity index (χ3v) is 8.92. The number of halogens is 3. The van der Waals surface area contributed by atoms with E-state index in [1.165, 1.54) is 36.4 Å². The molecule has 1 aliphatic rings. The van der Waals surface area contributed by atoms with E-state index in [2.05, 4.69) is 15.1 Å². The van der Waals surface area contributed by atoms with Crippen LogP contribution in [0, 0.1) is 5.82 Å². The molecule has 5 rings (SSSR count). The van der Waals surface area contributed by atoms with Crippen LogP contribution < -0.4 is 14.8 Å². The van der Waals surface area contributed by atoms with Crippen LogP contribution in [0.3, 0.4) is 0 Å². The molecule has 1 N–H and O–H groups in total. The minimum atomic E-state index is -0.401. The molecular weight excluding hydrogens is 680 g/mol. The third-order valence-electron chi connectivity index (χ3n) is 8.35. The average Bonchev–Trinajstić information content (AvgIpc) is 3.12. The van der Waals surface area contributed by atoms with E-state index in [0.717, 1.165) is 26.1 Å². The van der Waals surface area contributed by atoms with Gasteiger partial charge in [0.2, 0.25) is 5.91 Å². The molecule has 50 heavy (non-hydrogen) atoms. The van der Waals surface area contributed by atoms with Gasteiger partial charge in [-0.25, -0.2) is 4.39 Å². The summed E-state index contributed by atoms with van der Waals surface area (Å²) in [6.45, 7) is 3.95. The van der Waals surface area contributed by atoms with Gasteiger partial charge in [-0.2, -0.15) is 0 Å². The van der Waals surface area contributed by atoms with Gasteiger partial charge in [-0.1, -0.05) is 47.5 Å². The van der Waals surface area contributed by atoms with E-state index in [4.69, 9.17) is 32.7 Å². The Morgan fingerprint density at radius 2 is 1.54 bits per heavy atom. The quantitative estimate of drug-likeness (QED) is 0.100. The van der Waals surface area contributed by atoms with Crippen molar-refractivity contribution in [1.82, 2.24) is 9.80 Å². The number of amides is 1. The zero-order valence-corrected chi connectivity index (χ0v) is 29.1. The Bertz CT molecular complexity index is 1830. The number of nitrogens with zero attached hydrogens (tertiary/aromatic N) is 2. The summed E-state index contributed by atoms with van der Waals surface area (Å²) >= 11 is 12.5. The minimum Gasteiger partial charge on any atom is -0.493 e. The Labute approximate surface area is 301 Å². The molecule has 1 atom stereocenters. The normalized spacial score (nSPS) is 14.3. The summed E-state index contributed by atoms with van der Waals surface area (Å²) in [7, 11) is 1.58. The van der Waals surface area contributed by atoms with Crippen molar-refractivity contribution in [2.24, 2.45) is 0 Å². The van der Waals surface area contributed by atoms with E-state index in [0.29, 0.717) is 57.9 Å². The second-order valence-corrected chi connectivity index (χ2v) is 12.7. The molecule has 1 aliphatic heterocycles. The van der Waals surface area contributed by atoms with E-state index in [1.54, 1.807) is 49.6 Å². The summed E-state index contributed by atoms with van der Waals surface area (Å²) in [6.07, 6.45) is 4.25. The van der Waals surface area contributed by atoms with Crippen molar-refractivity contribution >= 4 is 46.4 Å². The summed E-state index contributed by atoms with van der Waals surface area (Å²) < 4.78 is 25.1. The highest BCUT2D eigenvalue weighted by molar-refractivity contribution is 6.36. The lowest BCUT2D eigenvalue weighted by Gasteiger charge is -2.34. The van der Waals surface area contributed by atoms with Crippen molar-refractivity contribution in [3.05, 3.63) is 136 Å². The van der Waals surface area contributed by atoms with Gasteiger partial charge in [-0.3, -0.25) is 19.3 Å². The van der Waals surface area contributed by atoms with Crippen molar-refractivity contribution in [2.45, 2.75) is 18.9 Å². The molecule has 0 aliphatic carbocycles. The fourth-order valence-electron chi connectivity index (χ4n) is 5.66. The van der Waals surface area contributed by atoms with Crippen LogP contribution in [0.4, 0.5) is 10.1 Å². The predicted molar refractivity (Wildman–Crippen MR) is 194 cm³/mol. The maximum absolute atomic E-state index is 13.3. The van der Waals surface area contributed by atoms with Crippen LogP contribution in [-0.4, -0.2) is 79.8 Å². The number of carbonyl (C=O) groups is 3. The molecule has 0 saturated carbocycles. The standard InChI is InChI=1S/C39H38Cl2FN3O5/c1-49-36-10-4-5-11-37(36)50-30(17-19-35(46)27-12-15-29(42)16-13-27)7-6-20-44-21-23-45(24-22-44)26-38(47)43-34-18-14-28(40)25-32(34)39(48)31-8-2-3-9-33(31)41/h2-5,8-19,25,30H,6-7,20-24,26H2,1H3,(H,43,47). The second-order valence-electron chi connectivity index (χ2n) is 11.8. The maximum Gasteiger partial charge on any atom is 0.238 e. The first-order chi connectivity index (χ1) is 24.2. The number of benzene rings is 4. The van der Waals surface area contributed by atoms with Crippen molar-refractivity contribution in [1.29, 1.82) is 0 Å². The van der Waals surface area contributed by atoms with Gasteiger partial charge in [0.25, 0.3) is 0 Å². The van der Waals surface area contributed by atoms with Crippen LogP contribution >= 0.6 is 23.2 Å². The number of allylic oxidation sites excluding steroid dienone is 1. The van der Waals surface area contributed by atoms with Gasteiger partial charge in [0.05, 0.1) is 24.4 Å². The first-order valence-electron chi connectivity index (χ1n) is 16.3. The summed E-state index contributed by atoms with van der Waals surface area (Å²) in [6, 6.07) is 24.3. The van der Waals surface area contributed by atoms with Gasteiger partial charge in [-0.05, 0) is 98.3 Å². The lowest BCUT2D eigenvalue weighted by Crippen LogP contribution is -2.48. The summed E-state index contributed by atoms with van der Waals surface area (Å²) in [5, 5.41) is 3.58. The topological polar surface area (TPSA) is 88.2 Å². The van der Waals surface area contributed by atoms with Crippen LogP contribution in [0.25, 0.3) is 0 Å². The van der Waals surface area contributed by atoms with Crippen molar-refractivity contribution < 1.29 is 28.2 Å². The number of carbonyl (C=O) groups excluding carboxylic acids is 3. The Hall–Kier alpha value is -4.54. The molecule has 260 valence electrons. The summed E-state index contributed by atoms with van der Waals surface area (Å²) in [4.78, 5) is 43.5. The molecular formula is C39H38Cl2FN3O5. The van der Waals surface area contributed by atoms with Crippen molar-refractivity contribution in [3.8, 4) is 11.5 Å². The number of nitrogens with one attached hydrogen (secondary N) is 1. The highest BCUT2D eigenvalue weighted by Gasteiger charge is 2.22. The molecule has 1 saturated heterocycles. The van der Waals surface area contributed by atoms with Crippen LogP contribution in [0.5, 0.6) is 11.5 Å². The van der Waals surface area contributed by atoms with E-state index in [-0.39, 0.29) is 29.6 Å². The Kier molecular flexibility index (Phi) is 13.2. The molecule has 0 aromatic heterocycles. The molecule has 8 nitrogen and oxygen atoms in total. The fourth-order valence-corrected chi connectivity index (χ4v) is 6.06. The van der Waals surface area contributed by atoms with Gasteiger partial charge in [-0.15, -0.1) is 0 Å². The molecule has 4 aromatic carbocycles. The van der Waals surface area contributed by atoms with Crippen LogP contribution in [0.1, 0.15) is 39.1 Å². The van der Waals surface area contributed by atoms with Crippen LogP contribution in [0.15, 0.2) is 103 Å². The number of anilines is 1. The van der Waals surface area contributed by atoms with E-state index in [9.17, 15) is 18.8 Å². The molecule has 1 heterocycles. The van der Waals surface area contributed by atoms with E-state index >= 15 is 0 Å². The van der Waals surface area contributed by atoms with Crippen LogP contribution in [-0.2, 0) is 4.79 Å². The smallest absolute Gasteiger partial charge is 0.238 e. The maximum atomic E-state index is 13.3. The Morgan fingerprint density at radius 3 is 2.26 bits per heavy atom. The Balaban J connectivity index is 1.12. The highest BCUT2D eigenvalue weighted by atomic mass is 35.5. The SMILES string of the molecule is COc1ccccc1OC(C=CC(=O)c1ccc(F)cc1)CCCN1CCN(CC(=O)Nc2ccc(Cl)cc2C(=O)c2ccccc2Cl)CC1. The molecule has 4 aromatic rings. The van der Waals surface area contributed by atoms with Crippen LogP contribution in [0.2, 0.25) is 10.0 Å². The number of ether oxygens (including phenoxy) is 2. The first-order valence-corrected chi connectivity index (χ1v) is 17.1. The number of piperazine rings is 1. The molecule has 1 unspecified atom stereocenters. The van der Waals surface area contributed by atoms with E-state index in [1.807, 2.05) is 24.3 Å². The predicted octanol–water partition coefficient (Wildman–Crippen LogP) is 7.60. The zero-order chi connectivity index (χ0) is 35.5. The van der Waals surface area contributed by atoms with Crippen molar-refractivity contribution in [2.75, 3.05) is 51.7 Å². The number of methoxy groups -OCH3 is 1. The largest absolute Gasteiger partial charge is 0.493 e. The first kappa shape index (κ1) is 36.7. The molecule has 0 bridgehead atoms. The van der Waals surface area contributed by atoms with Gasteiger partial charge in [0, 0.05) is 47.9 Å². The number of hydrogen-bond acceptors (Lipinski definition) is 7. The molecule has 0 radical (unpaired) electrons. The van der Waals surface area contributed by atoms with Gasteiger partial charge in [0.15, 0.2) is 23.1 Å². The van der Waals surface area contributed by atoms with Gasteiger partial charge in [0.1, 0.15) is 11.9 Å². The lowest BCUT2D eigenvalue weighted by molar-refractivity contribution is -0.117. The summed E-state index contributed by atoms with van der Waals surface area (Å²) in [5.74, 6) is -0.0277. The van der Waals surface area contributed by atoms with Gasteiger partial charge >= 0.3 is 0 Å². The summed E-state index contributed by atoms with van der Waals surface area (Å²) in [5.41, 5.74) is 1.37. The fraction of sp³-hybridized carbons (Fsp3) is 0.256. The molecule has 0 spiro atoms. The molecule has 11 heteroatoms. The molecule has 1 amide bonds. The average molecular weight is 719 g/mol. The number of hydrogen-bond donors (Lipinski definition) is 1. The molecule has 1 fully saturated rings. The number of ketones is 2. The highest BCUT2D eigenvalue weighted by Crippen LogP contribution is 2.29. The lowest BCUT2D eigenvalue weighted by atomic mass is 10.0. The van der Waals surface area contributed by atoms with Crippen molar-refractivity contribution in [3.63, 3.8) is 0 Å². The zero-order valence-electron chi connectivity index (χ0n) is 27.6. The number of rotatable bonds is 15. The number of para-hydroxylation sites is 2.